The van der Waals surface area contributed by atoms with Gasteiger partial charge in [-0.25, -0.2) is 13.9 Å². The number of nitrogen functional groups attached to an aromatic ring is 2. The summed E-state index contributed by atoms with van der Waals surface area (Å²) in [6.07, 6.45) is 0.372. The average molecular weight is 877 g/mol. The Labute approximate surface area is 342 Å². The van der Waals surface area contributed by atoms with Gasteiger partial charge in [0, 0.05) is 40.3 Å². The van der Waals surface area contributed by atoms with Gasteiger partial charge in [-0.15, -0.1) is 0 Å². The molecule has 5 rings (SSSR count). The smallest absolute Gasteiger partial charge is 0.431 e. The van der Waals surface area contributed by atoms with Crippen molar-refractivity contribution in [2.75, 3.05) is 18.1 Å². The van der Waals surface area contributed by atoms with E-state index in [-0.39, 0.29) is 58.4 Å². The number of fused-ring (bicyclic) bond motifs is 1. The Kier molecular flexibility index (Phi) is 13.3. The number of halogens is 1. The maximum absolute atomic E-state index is 15.2. The van der Waals surface area contributed by atoms with E-state index in [1.54, 1.807) is 6.20 Å². The Balaban J connectivity index is 1.34. The van der Waals surface area contributed by atoms with Crippen LogP contribution in [0.5, 0.6) is 0 Å². The van der Waals surface area contributed by atoms with Crippen LogP contribution in [0.1, 0.15) is 17.3 Å². The lowest BCUT2D eigenvalue weighted by molar-refractivity contribution is -0.269. The maximum atomic E-state index is 15.2. The first-order valence-electron chi connectivity index (χ1n) is 19.0. The van der Waals surface area contributed by atoms with Crippen LogP contribution in [-0.4, -0.2) is 102 Å². The quantitative estimate of drug-likeness (QED) is 0.0510. The van der Waals surface area contributed by atoms with E-state index in [0.717, 1.165) is 6.07 Å². The number of carbonyl (C=O) groups is 2. The Morgan fingerprint density at radius 3 is 2.02 bits per heavy atom. The monoisotopic (exact) mass is 876 g/mol. The molecular weight excluding hydrogens is 820 g/mol. The molecule has 1 aliphatic rings. The molecule has 0 saturated carbocycles. The fraction of sp³-hybridized carbons (Fsp3) is 0.541. The largest absolute Gasteiger partial charge is 0.510 e. The van der Waals surface area contributed by atoms with Crippen LogP contribution in [0.4, 0.5) is 20.7 Å². The van der Waals surface area contributed by atoms with Crippen molar-refractivity contribution in [3.05, 3.63) is 42.1 Å². The van der Waals surface area contributed by atoms with Gasteiger partial charge in [-0.05, 0) is 97.6 Å². The first-order valence-corrected chi connectivity index (χ1v) is 32.7. The molecule has 58 heavy (non-hydrogen) atoms. The number of ketones is 1. The van der Waals surface area contributed by atoms with Gasteiger partial charge in [0.25, 0.3) is 0 Å². The highest BCUT2D eigenvalue weighted by Gasteiger charge is 2.53. The Bertz CT molecular complexity index is 2130. The van der Waals surface area contributed by atoms with Crippen molar-refractivity contribution >= 4 is 67.7 Å². The molecule has 4 heterocycles. The molecule has 1 fully saturated rings. The number of aromatic nitrogens is 4. The Hall–Kier alpha value is -3.81. The predicted molar refractivity (Wildman–Crippen MR) is 227 cm³/mol. The number of carbonyl (C=O) groups excluding carboxylic acids is 2. The van der Waals surface area contributed by atoms with E-state index >= 15 is 4.39 Å². The highest BCUT2D eigenvalue weighted by molar-refractivity contribution is 6.71. The minimum absolute atomic E-state index is 0.00312. The molecule has 1 saturated heterocycles. The topological polar surface area (TPSA) is 208 Å². The lowest BCUT2D eigenvalue weighted by Crippen LogP contribution is -2.67. The third-order valence-electron chi connectivity index (χ3n) is 8.45. The van der Waals surface area contributed by atoms with Crippen molar-refractivity contribution in [1.82, 2.24) is 19.9 Å². The van der Waals surface area contributed by atoms with Crippen molar-refractivity contribution in [3.8, 4) is 22.4 Å². The van der Waals surface area contributed by atoms with E-state index < -0.39 is 75.9 Å². The number of hydrogen-bond donors (Lipinski definition) is 2. The first kappa shape index (κ1) is 45.3. The van der Waals surface area contributed by atoms with Gasteiger partial charge < -0.3 is 47.9 Å². The zero-order valence-corrected chi connectivity index (χ0v) is 39.6. The van der Waals surface area contributed by atoms with E-state index in [1.807, 2.05) is 0 Å². The van der Waals surface area contributed by atoms with Crippen molar-refractivity contribution in [3.63, 3.8) is 0 Å². The standard InChI is InChI=1S/C37H57FN6O10Si4/c1-21(45)23-14-24(26(38)15-27(23)39)30-29-31(50-43-35(29)40)25(17-41-30)22-16-42-44(18-22)20-48-37(46)47-19-28-32(51-55(2,3)4)33(52-56(5,6)7)34(53-57(8,9)10)36(49-28)54-58(11,12)13/h14-18,28,32-34,36H,19-20,39H2,1-13H3,(H2,40,43)/t28-,32-,33+,34-,36?/m1/s1. The molecule has 4 aromatic rings. The summed E-state index contributed by atoms with van der Waals surface area (Å²) in [5, 5.41) is 8.44. The van der Waals surface area contributed by atoms with Crippen LogP contribution in [0.3, 0.4) is 0 Å². The summed E-state index contributed by atoms with van der Waals surface area (Å²) in [6.45, 7) is 26.0. The third-order valence-corrected chi connectivity index (χ3v) is 12.3. The molecule has 4 N–H and O–H groups in total. The van der Waals surface area contributed by atoms with Crippen LogP contribution in [0.2, 0.25) is 78.6 Å². The molecular formula is C37H57FN6O10Si4. The van der Waals surface area contributed by atoms with Crippen molar-refractivity contribution < 1.29 is 50.4 Å². The van der Waals surface area contributed by atoms with Crippen LogP contribution >= 0.6 is 0 Å². The highest BCUT2D eigenvalue weighted by atomic mass is 28.4. The normalized spacial score (nSPS) is 20.7. The van der Waals surface area contributed by atoms with E-state index in [2.05, 4.69) is 93.8 Å². The number of Topliss-reactive ketones (excluding diaryl/α,β-unsaturated/α-hetero) is 1. The molecule has 0 aliphatic carbocycles. The van der Waals surface area contributed by atoms with E-state index in [1.165, 1.54) is 30.1 Å². The van der Waals surface area contributed by atoms with Gasteiger partial charge in [-0.3, -0.25) is 9.78 Å². The Morgan fingerprint density at radius 1 is 0.810 bits per heavy atom. The second-order valence-corrected chi connectivity index (χ2v) is 36.1. The lowest BCUT2D eigenvalue weighted by atomic mass is 9.99. The number of pyridine rings is 1. The summed E-state index contributed by atoms with van der Waals surface area (Å²) in [5.74, 6) is -1.07. The van der Waals surface area contributed by atoms with Gasteiger partial charge in [0.15, 0.2) is 63.5 Å². The SMILES string of the molecule is CC(=O)c1cc(-c2ncc(-c3cnn(COC(=O)OC[C@H]4OC(O[Si](C)(C)C)[C@H](O[Si](C)(C)C)[C@@H](O[Si](C)(C)C)[C@@H]4O[Si](C)(C)C)c3)c3onc(N)c23)c(F)cc1N. The predicted octanol–water partition coefficient (Wildman–Crippen LogP) is 7.61. The zero-order chi connectivity index (χ0) is 43.1. The van der Waals surface area contributed by atoms with Crippen LogP contribution < -0.4 is 11.5 Å². The van der Waals surface area contributed by atoms with Crippen molar-refractivity contribution in [2.24, 2.45) is 0 Å². The summed E-state index contributed by atoms with van der Waals surface area (Å²) in [6, 6.07) is 2.39. The molecule has 1 aliphatic heterocycles. The number of ether oxygens (including phenoxy) is 3. The summed E-state index contributed by atoms with van der Waals surface area (Å²) in [4.78, 5) is 29.7. The zero-order valence-electron chi connectivity index (χ0n) is 35.6. The van der Waals surface area contributed by atoms with Crippen molar-refractivity contribution in [1.29, 1.82) is 0 Å². The molecule has 0 bridgehead atoms. The highest BCUT2D eigenvalue weighted by Crippen LogP contribution is 2.39. The van der Waals surface area contributed by atoms with Gasteiger partial charge in [-0.1, -0.05) is 5.16 Å². The molecule has 5 atom stereocenters. The number of anilines is 2. The van der Waals surface area contributed by atoms with E-state index in [0.29, 0.717) is 11.1 Å². The molecule has 16 nitrogen and oxygen atoms in total. The maximum Gasteiger partial charge on any atom is 0.510 e. The molecule has 0 radical (unpaired) electrons. The van der Waals surface area contributed by atoms with Gasteiger partial charge >= 0.3 is 6.16 Å². The van der Waals surface area contributed by atoms with Crippen LogP contribution in [-0.2, 0) is 38.6 Å². The van der Waals surface area contributed by atoms with Gasteiger partial charge in [-0.2, -0.15) is 5.10 Å². The fourth-order valence-corrected chi connectivity index (χ4v) is 10.6. The molecule has 1 aromatic carbocycles. The number of nitrogens with zero attached hydrogens (tertiary/aromatic N) is 4. The third kappa shape index (κ3) is 11.5. The molecule has 0 amide bonds. The second-order valence-electron chi connectivity index (χ2n) is 18.2. The lowest BCUT2D eigenvalue weighted by Gasteiger charge is -2.51. The number of hydrogen-bond acceptors (Lipinski definition) is 15. The molecule has 318 valence electrons. The summed E-state index contributed by atoms with van der Waals surface area (Å²) < 4.78 is 66.8. The second kappa shape index (κ2) is 17.0. The van der Waals surface area contributed by atoms with Crippen LogP contribution in [0.15, 0.2) is 35.2 Å². The van der Waals surface area contributed by atoms with E-state index in [9.17, 15) is 9.59 Å². The fourth-order valence-electron chi connectivity index (χ4n) is 6.42. The Morgan fingerprint density at radius 2 is 1.41 bits per heavy atom. The van der Waals surface area contributed by atoms with Gasteiger partial charge in [0.05, 0.1) is 17.3 Å². The van der Waals surface area contributed by atoms with E-state index in [4.69, 9.17) is 47.9 Å². The number of nitrogens with two attached hydrogens (primary N) is 2. The molecule has 0 spiro atoms. The average Bonchev–Trinajstić information content (AvgIpc) is 3.70. The number of benzene rings is 1. The first-order chi connectivity index (χ1) is 26.7. The number of rotatable bonds is 15. The van der Waals surface area contributed by atoms with Crippen LogP contribution in [0, 0.1) is 5.82 Å². The van der Waals surface area contributed by atoms with Crippen molar-refractivity contribution in [2.45, 2.75) is 123 Å². The van der Waals surface area contributed by atoms with Crippen LogP contribution in [0.25, 0.3) is 33.4 Å². The molecule has 3 aromatic heterocycles. The summed E-state index contributed by atoms with van der Waals surface area (Å²) in [7, 11) is -8.69. The van der Waals surface area contributed by atoms with Gasteiger partial charge in [0.2, 0.25) is 0 Å². The van der Waals surface area contributed by atoms with Gasteiger partial charge in [0.1, 0.15) is 36.8 Å². The molecule has 1 unspecified atom stereocenters. The molecule has 21 heteroatoms. The summed E-state index contributed by atoms with van der Waals surface area (Å²) in [5.41, 5.74) is 13.5. The minimum Gasteiger partial charge on any atom is -0.431 e. The minimum atomic E-state index is -2.21. The summed E-state index contributed by atoms with van der Waals surface area (Å²) >= 11 is 0.